The molecule has 1 fully saturated rings. The van der Waals surface area contributed by atoms with Crippen molar-refractivity contribution in [2.45, 2.75) is 49.9 Å². The maximum atomic E-state index is 13.8. The molecule has 1 aliphatic heterocycles. The molecule has 1 heterocycles. The maximum Gasteiger partial charge on any atom is 0.278 e. The molecule has 0 radical (unpaired) electrons. The highest BCUT2D eigenvalue weighted by atomic mass is 32.2. The van der Waals surface area contributed by atoms with Crippen molar-refractivity contribution < 1.29 is 32.3 Å². The van der Waals surface area contributed by atoms with Crippen LogP contribution in [0.5, 0.6) is 5.75 Å². The Hall–Kier alpha value is -3.50. The van der Waals surface area contributed by atoms with Crippen LogP contribution in [0.3, 0.4) is 0 Å². The van der Waals surface area contributed by atoms with Crippen LogP contribution < -0.4 is 10.2 Å². The van der Waals surface area contributed by atoms with E-state index >= 15 is 0 Å². The van der Waals surface area contributed by atoms with Crippen molar-refractivity contribution in [1.82, 2.24) is 14.7 Å². The molecule has 1 saturated heterocycles. The van der Waals surface area contributed by atoms with Gasteiger partial charge >= 0.3 is 0 Å². The first-order valence-electron chi connectivity index (χ1n) is 12.4. The van der Waals surface area contributed by atoms with Crippen molar-refractivity contribution in [2.24, 2.45) is 0 Å². The highest BCUT2D eigenvalue weighted by Gasteiger charge is 2.56. The molecule has 2 aromatic rings. The highest BCUT2D eigenvalue weighted by Crippen LogP contribution is 2.37. The number of ether oxygens (including phenoxy) is 2. The first-order chi connectivity index (χ1) is 18.8. The molecule has 12 heteroatoms. The fourth-order valence-electron chi connectivity index (χ4n) is 3.93. The fraction of sp³-hybridized carbons (Fsp3) is 0.393. The van der Waals surface area contributed by atoms with Crippen molar-refractivity contribution in [1.29, 1.82) is 0 Å². The Balaban J connectivity index is 1.94. The molecule has 0 aliphatic carbocycles. The first kappa shape index (κ1) is 31.0. The quantitative estimate of drug-likeness (QED) is 0.257. The summed E-state index contributed by atoms with van der Waals surface area (Å²) in [6.45, 7) is 4.46. The molecular weight excluding hydrogens is 554 g/mol. The molecule has 3 rings (SSSR count). The summed E-state index contributed by atoms with van der Waals surface area (Å²) >= 11 is 5.54. The van der Waals surface area contributed by atoms with E-state index in [1.165, 1.54) is 43.3 Å². The lowest BCUT2D eigenvalue weighted by Gasteiger charge is -2.48. The van der Waals surface area contributed by atoms with Crippen molar-refractivity contribution in [3.8, 4) is 17.6 Å². The van der Waals surface area contributed by atoms with Crippen LogP contribution in [0.25, 0.3) is 0 Å². The van der Waals surface area contributed by atoms with E-state index in [2.05, 4.69) is 17.3 Å². The Labute approximate surface area is 240 Å². The van der Waals surface area contributed by atoms with Gasteiger partial charge in [-0.3, -0.25) is 18.7 Å². The molecule has 2 amide bonds. The summed E-state index contributed by atoms with van der Waals surface area (Å²) in [4.78, 5) is 33.1. The van der Waals surface area contributed by atoms with Gasteiger partial charge in [-0.25, -0.2) is 13.9 Å². The second-order valence-electron chi connectivity index (χ2n) is 9.78. The van der Waals surface area contributed by atoms with Gasteiger partial charge in [0.25, 0.3) is 15.9 Å². The Morgan fingerprint density at radius 3 is 2.38 bits per heavy atom. The van der Waals surface area contributed by atoms with Gasteiger partial charge in [0.1, 0.15) is 22.9 Å². The SMILES string of the molecule is CC#CCOc1ccc(S(=O)(=O)N2C[C@@](CC(=O)N(C)C)(C(=O)NOCc3ccccc3)OC(C)(C)C2=S)cc1. The molecular formula is C28H33N3O7S2. The third kappa shape index (κ3) is 7.17. The number of rotatable bonds is 10. The summed E-state index contributed by atoms with van der Waals surface area (Å²) < 4.78 is 40.3. The maximum absolute atomic E-state index is 13.8. The number of thiocarbonyl (C=S) groups is 1. The van der Waals surface area contributed by atoms with E-state index in [-0.39, 0.29) is 23.1 Å². The lowest BCUT2D eigenvalue weighted by Crippen LogP contribution is -2.68. The van der Waals surface area contributed by atoms with Gasteiger partial charge in [-0.05, 0) is 50.6 Å². The number of carbonyl (C=O) groups is 2. The van der Waals surface area contributed by atoms with Crippen LogP contribution in [-0.4, -0.2) is 72.9 Å². The fourth-order valence-corrected chi connectivity index (χ4v) is 5.89. The van der Waals surface area contributed by atoms with Crippen LogP contribution in [0, 0.1) is 11.8 Å². The van der Waals surface area contributed by atoms with Gasteiger partial charge in [-0.15, -0.1) is 5.92 Å². The zero-order valence-corrected chi connectivity index (χ0v) is 24.7. The van der Waals surface area contributed by atoms with E-state index in [1.807, 2.05) is 30.3 Å². The number of hydroxylamine groups is 1. The number of nitrogens with one attached hydrogen (secondary N) is 1. The number of nitrogens with zero attached hydrogens (tertiary/aromatic N) is 2. The van der Waals surface area contributed by atoms with Crippen LogP contribution in [0.2, 0.25) is 0 Å². The number of amides is 2. The van der Waals surface area contributed by atoms with Gasteiger partial charge in [-0.2, -0.15) is 0 Å². The molecule has 0 bridgehead atoms. The predicted molar refractivity (Wildman–Crippen MR) is 152 cm³/mol. The summed E-state index contributed by atoms with van der Waals surface area (Å²) in [5.74, 6) is 4.66. The number of benzene rings is 2. The standard InChI is InChI=1S/C28H33N3O7S2/c1-6-7-17-36-22-13-15-23(16-14-22)40(34,35)31-20-28(18-24(32)30(4)5,38-27(2,3)26(31)39)25(33)29-37-19-21-11-9-8-10-12-21/h8-16H,17-20H2,1-5H3,(H,29,33)/t28-/m0/s1. The summed E-state index contributed by atoms with van der Waals surface area (Å²) in [6, 6.07) is 14.9. The number of hydrogen-bond acceptors (Lipinski definition) is 8. The summed E-state index contributed by atoms with van der Waals surface area (Å²) in [7, 11) is -1.20. The summed E-state index contributed by atoms with van der Waals surface area (Å²) in [5.41, 5.74) is -0.204. The summed E-state index contributed by atoms with van der Waals surface area (Å²) in [5, 5.41) is 0. The van der Waals surface area contributed by atoms with E-state index < -0.39 is 46.0 Å². The predicted octanol–water partition coefficient (Wildman–Crippen LogP) is 2.68. The third-order valence-corrected chi connectivity index (χ3v) is 8.67. The lowest BCUT2D eigenvalue weighted by atomic mass is 9.92. The van der Waals surface area contributed by atoms with E-state index in [4.69, 9.17) is 26.5 Å². The van der Waals surface area contributed by atoms with Gasteiger partial charge in [0.2, 0.25) is 5.91 Å². The molecule has 0 spiro atoms. The Kier molecular flexibility index (Phi) is 9.92. The highest BCUT2D eigenvalue weighted by molar-refractivity contribution is 7.91. The van der Waals surface area contributed by atoms with Crippen molar-refractivity contribution >= 4 is 39.0 Å². The number of hydrogen-bond donors (Lipinski definition) is 1. The average Bonchev–Trinajstić information content (AvgIpc) is 2.91. The monoisotopic (exact) mass is 587 g/mol. The van der Waals surface area contributed by atoms with Crippen LogP contribution in [0.1, 0.15) is 32.8 Å². The molecule has 1 aliphatic rings. The molecule has 1 N–H and O–H groups in total. The molecule has 214 valence electrons. The Morgan fingerprint density at radius 1 is 1.12 bits per heavy atom. The van der Waals surface area contributed by atoms with E-state index in [0.717, 1.165) is 9.87 Å². The normalized spacial score (nSPS) is 18.3. The number of sulfonamides is 1. The molecule has 0 aromatic heterocycles. The zero-order chi connectivity index (χ0) is 29.6. The van der Waals surface area contributed by atoms with Gasteiger partial charge in [0.05, 0.1) is 24.5 Å². The average molecular weight is 588 g/mol. The number of morpholine rings is 1. The molecule has 10 nitrogen and oxygen atoms in total. The minimum atomic E-state index is -4.27. The molecule has 1 atom stereocenters. The van der Waals surface area contributed by atoms with Crippen molar-refractivity contribution in [2.75, 3.05) is 27.2 Å². The van der Waals surface area contributed by atoms with Gasteiger partial charge in [0.15, 0.2) is 5.60 Å². The Morgan fingerprint density at radius 2 is 1.77 bits per heavy atom. The van der Waals surface area contributed by atoms with E-state index in [9.17, 15) is 18.0 Å². The topological polar surface area (TPSA) is 114 Å². The molecule has 2 aromatic carbocycles. The van der Waals surface area contributed by atoms with Crippen molar-refractivity contribution in [3.63, 3.8) is 0 Å². The smallest absolute Gasteiger partial charge is 0.278 e. The first-order valence-corrected chi connectivity index (χ1v) is 14.2. The van der Waals surface area contributed by atoms with Crippen LogP contribution in [0.4, 0.5) is 0 Å². The largest absolute Gasteiger partial charge is 0.481 e. The van der Waals surface area contributed by atoms with Crippen LogP contribution >= 0.6 is 12.2 Å². The number of carbonyl (C=O) groups excluding carboxylic acids is 2. The molecule has 0 unspecified atom stereocenters. The molecule has 0 saturated carbocycles. The van der Waals surface area contributed by atoms with E-state index in [1.54, 1.807) is 20.8 Å². The minimum Gasteiger partial charge on any atom is -0.481 e. The van der Waals surface area contributed by atoms with Gasteiger partial charge < -0.3 is 14.4 Å². The van der Waals surface area contributed by atoms with Gasteiger partial charge in [-0.1, -0.05) is 48.5 Å². The lowest BCUT2D eigenvalue weighted by molar-refractivity contribution is -0.184. The third-order valence-electron chi connectivity index (χ3n) is 6.09. The minimum absolute atomic E-state index is 0.0480. The van der Waals surface area contributed by atoms with Crippen molar-refractivity contribution in [3.05, 3.63) is 60.2 Å². The van der Waals surface area contributed by atoms with Crippen LogP contribution in [0.15, 0.2) is 59.5 Å². The van der Waals surface area contributed by atoms with E-state index in [0.29, 0.717) is 5.75 Å². The van der Waals surface area contributed by atoms with Crippen LogP contribution in [-0.2, 0) is 35.8 Å². The molecule has 40 heavy (non-hydrogen) atoms. The second-order valence-corrected chi connectivity index (χ2v) is 12.0. The second kappa shape index (κ2) is 12.8. The van der Waals surface area contributed by atoms with Gasteiger partial charge in [0, 0.05) is 14.1 Å². The Bertz CT molecular complexity index is 1400. The summed E-state index contributed by atoms with van der Waals surface area (Å²) in [6.07, 6.45) is -0.455. The zero-order valence-electron chi connectivity index (χ0n) is 23.1.